The molecular formula is C11H18N4O2S3. The summed E-state index contributed by atoms with van der Waals surface area (Å²) in [7, 11) is -1.65. The predicted molar refractivity (Wildman–Crippen MR) is 83.4 cm³/mol. The highest BCUT2D eigenvalue weighted by molar-refractivity contribution is 7.91. The number of nitrogens with one attached hydrogen (secondary N) is 1. The first-order valence-corrected chi connectivity index (χ1v) is 8.91. The Hall–Kier alpha value is -0.610. The summed E-state index contributed by atoms with van der Waals surface area (Å²) in [6.45, 7) is 3.27. The number of thiazole rings is 1. The van der Waals surface area contributed by atoms with E-state index in [1.54, 1.807) is 6.92 Å². The molecular weight excluding hydrogens is 316 g/mol. The lowest BCUT2D eigenvalue weighted by Gasteiger charge is -2.39. The van der Waals surface area contributed by atoms with E-state index >= 15 is 0 Å². The molecule has 20 heavy (non-hydrogen) atoms. The molecule has 1 aliphatic heterocycles. The van der Waals surface area contributed by atoms with Crippen LogP contribution in [0.3, 0.4) is 0 Å². The Morgan fingerprint density at radius 2 is 2.15 bits per heavy atom. The second-order valence-corrected chi connectivity index (χ2v) is 8.64. The third-order valence-electron chi connectivity index (χ3n) is 3.51. The van der Waals surface area contributed by atoms with Crippen LogP contribution < -0.4 is 10.5 Å². The molecule has 1 aromatic heterocycles. The number of likely N-dealkylation sites (tertiary alicyclic amines) is 1. The molecule has 1 saturated heterocycles. The monoisotopic (exact) mass is 334 g/mol. The van der Waals surface area contributed by atoms with E-state index in [-0.39, 0.29) is 9.20 Å². The van der Waals surface area contributed by atoms with Crippen molar-refractivity contribution in [1.82, 2.24) is 14.6 Å². The molecule has 0 saturated carbocycles. The van der Waals surface area contributed by atoms with Crippen molar-refractivity contribution in [2.45, 2.75) is 29.5 Å². The van der Waals surface area contributed by atoms with E-state index in [0.29, 0.717) is 17.8 Å². The standard InChI is InChI=1S/C11H18N4O2S3/c1-8-13-7-9(19-8)20(16,17)14-11(10(12)18)3-5-15(2)6-4-11/h7,14H,3-6H2,1-2H3,(H2,12,18). The van der Waals surface area contributed by atoms with Gasteiger partial charge in [0.25, 0.3) is 10.0 Å². The van der Waals surface area contributed by atoms with Crippen LogP contribution in [0.1, 0.15) is 17.8 Å². The summed E-state index contributed by atoms with van der Waals surface area (Å²) >= 11 is 6.25. The molecule has 0 atom stereocenters. The quantitative estimate of drug-likeness (QED) is 0.779. The van der Waals surface area contributed by atoms with Crippen LogP contribution in [0.5, 0.6) is 0 Å². The van der Waals surface area contributed by atoms with Gasteiger partial charge in [0.05, 0.1) is 21.7 Å². The minimum atomic E-state index is -3.64. The first kappa shape index (κ1) is 15.8. The Morgan fingerprint density at radius 3 is 2.60 bits per heavy atom. The van der Waals surface area contributed by atoms with Gasteiger partial charge in [0.2, 0.25) is 0 Å². The number of sulfonamides is 1. The van der Waals surface area contributed by atoms with E-state index in [1.165, 1.54) is 6.20 Å². The van der Waals surface area contributed by atoms with Crippen LogP contribution in [0, 0.1) is 6.92 Å². The Morgan fingerprint density at radius 1 is 1.55 bits per heavy atom. The van der Waals surface area contributed by atoms with Gasteiger partial charge >= 0.3 is 0 Å². The van der Waals surface area contributed by atoms with Crippen molar-refractivity contribution in [3.8, 4) is 0 Å². The molecule has 0 aromatic carbocycles. The topological polar surface area (TPSA) is 88.3 Å². The van der Waals surface area contributed by atoms with Crippen LogP contribution in [0.4, 0.5) is 0 Å². The predicted octanol–water partition coefficient (Wildman–Crippen LogP) is 0.480. The van der Waals surface area contributed by atoms with E-state index < -0.39 is 15.6 Å². The van der Waals surface area contributed by atoms with E-state index in [2.05, 4.69) is 14.6 Å². The first-order valence-electron chi connectivity index (χ1n) is 6.20. The average molecular weight is 334 g/mol. The number of hydrogen-bond acceptors (Lipinski definition) is 6. The number of aryl methyl sites for hydroxylation is 1. The number of hydrogen-bond donors (Lipinski definition) is 2. The lowest BCUT2D eigenvalue weighted by molar-refractivity contribution is 0.221. The van der Waals surface area contributed by atoms with Crippen molar-refractivity contribution in [2.75, 3.05) is 20.1 Å². The Bertz CT molecular complexity index is 603. The summed E-state index contributed by atoms with van der Waals surface area (Å²) in [6, 6.07) is 0. The molecule has 0 aliphatic carbocycles. The van der Waals surface area contributed by atoms with Crippen molar-refractivity contribution in [3.63, 3.8) is 0 Å². The zero-order valence-electron chi connectivity index (χ0n) is 11.4. The summed E-state index contributed by atoms with van der Waals surface area (Å²) in [5.74, 6) is 0. The third kappa shape index (κ3) is 3.17. The highest BCUT2D eigenvalue weighted by Gasteiger charge is 2.40. The van der Waals surface area contributed by atoms with Gasteiger partial charge in [-0.1, -0.05) is 12.2 Å². The van der Waals surface area contributed by atoms with Gasteiger partial charge in [-0.25, -0.2) is 13.4 Å². The van der Waals surface area contributed by atoms with Crippen LogP contribution in [0.25, 0.3) is 0 Å². The van der Waals surface area contributed by atoms with Gasteiger partial charge in [0, 0.05) is 13.1 Å². The van der Waals surface area contributed by atoms with Crippen LogP contribution in [-0.4, -0.2) is 49.0 Å². The molecule has 0 radical (unpaired) electrons. The largest absolute Gasteiger partial charge is 0.392 e. The number of piperidine rings is 1. The average Bonchev–Trinajstić information content (AvgIpc) is 2.79. The fourth-order valence-electron chi connectivity index (χ4n) is 2.17. The SMILES string of the molecule is Cc1ncc(S(=O)(=O)NC2(C(N)=S)CCN(C)CC2)s1. The molecule has 1 aliphatic rings. The van der Waals surface area contributed by atoms with Crippen LogP contribution in [0.2, 0.25) is 0 Å². The van der Waals surface area contributed by atoms with Crippen molar-refractivity contribution in [1.29, 1.82) is 0 Å². The molecule has 0 unspecified atom stereocenters. The maximum absolute atomic E-state index is 12.4. The third-order valence-corrected chi connectivity index (χ3v) is 6.81. The second kappa shape index (κ2) is 5.64. The number of nitrogens with zero attached hydrogens (tertiary/aromatic N) is 2. The molecule has 2 rings (SSSR count). The number of thiocarbonyl (C=S) groups is 1. The van der Waals surface area contributed by atoms with Gasteiger partial charge in [0.15, 0.2) is 4.21 Å². The van der Waals surface area contributed by atoms with Gasteiger partial charge in [0.1, 0.15) is 0 Å². The molecule has 0 spiro atoms. The van der Waals surface area contributed by atoms with E-state index in [0.717, 1.165) is 24.4 Å². The lowest BCUT2D eigenvalue weighted by Crippen LogP contribution is -2.61. The lowest BCUT2D eigenvalue weighted by atomic mass is 9.89. The van der Waals surface area contributed by atoms with Gasteiger partial charge in [-0.05, 0) is 26.8 Å². The zero-order valence-corrected chi connectivity index (χ0v) is 13.9. The number of nitrogens with two attached hydrogens (primary N) is 1. The minimum absolute atomic E-state index is 0.199. The summed E-state index contributed by atoms with van der Waals surface area (Å²) < 4.78 is 27.8. The van der Waals surface area contributed by atoms with Gasteiger partial charge < -0.3 is 10.6 Å². The van der Waals surface area contributed by atoms with E-state index in [1.807, 2.05) is 7.05 Å². The van der Waals surface area contributed by atoms with E-state index in [4.69, 9.17) is 18.0 Å². The molecule has 112 valence electrons. The molecule has 9 heteroatoms. The van der Waals surface area contributed by atoms with Crippen LogP contribution in [-0.2, 0) is 10.0 Å². The highest BCUT2D eigenvalue weighted by atomic mass is 32.2. The summed E-state index contributed by atoms with van der Waals surface area (Å²) in [5, 5.41) is 0.707. The van der Waals surface area contributed by atoms with Crippen molar-refractivity contribution in [2.24, 2.45) is 5.73 Å². The summed E-state index contributed by atoms with van der Waals surface area (Å²) in [4.78, 5) is 6.31. The molecule has 1 aromatic rings. The Labute approximate surface area is 128 Å². The second-order valence-electron chi connectivity index (χ2n) is 5.05. The summed E-state index contributed by atoms with van der Waals surface area (Å²) in [5.41, 5.74) is 4.98. The van der Waals surface area contributed by atoms with E-state index in [9.17, 15) is 8.42 Å². The van der Waals surface area contributed by atoms with Crippen molar-refractivity contribution < 1.29 is 8.42 Å². The van der Waals surface area contributed by atoms with Gasteiger partial charge in [-0.15, -0.1) is 11.3 Å². The summed E-state index contributed by atoms with van der Waals surface area (Å²) in [6.07, 6.45) is 2.52. The van der Waals surface area contributed by atoms with Gasteiger partial charge in [-0.3, -0.25) is 0 Å². The molecule has 2 heterocycles. The van der Waals surface area contributed by atoms with Crippen LogP contribution in [0.15, 0.2) is 10.4 Å². The minimum Gasteiger partial charge on any atom is -0.392 e. The normalized spacial score (nSPS) is 19.9. The first-order chi connectivity index (χ1) is 9.25. The molecule has 0 bridgehead atoms. The number of rotatable bonds is 4. The highest BCUT2D eigenvalue weighted by Crippen LogP contribution is 2.26. The Balaban J connectivity index is 2.27. The number of aromatic nitrogens is 1. The van der Waals surface area contributed by atoms with Crippen molar-refractivity contribution in [3.05, 3.63) is 11.2 Å². The smallest absolute Gasteiger partial charge is 0.252 e. The molecule has 3 N–H and O–H groups in total. The van der Waals surface area contributed by atoms with Crippen molar-refractivity contribution >= 4 is 38.6 Å². The van der Waals surface area contributed by atoms with Crippen LogP contribution >= 0.6 is 23.6 Å². The Kier molecular flexibility index (Phi) is 4.45. The van der Waals surface area contributed by atoms with Gasteiger partial charge in [-0.2, -0.15) is 4.72 Å². The maximum Gasteiger partial charge on any atom is 0.252 e. The molecule has 1 fully saturated rings. The fourth-order valence-corrected chi connectivity index (χ4v) is 5.04. The zero-order chi connectivity index (χ0) is 15.0. The molecule has 0 amide bonds. The molecule has 6 nitrogen and oxygen atoms in total. The maximum atomic E-state index is 12.4. The fraction of sp³-hybridized carbons (Fsp3) is 0.636.